The standard InChI is InChI=1S/C24H22N2O3/c1-17(27)19-10-7-13-22(15-19)25-23(28)20-11-6-12-21(14-20)24(29)26(2)16-18-8-4-3-5-9-18/h3-15H,16H2,1-2H3,(H,25,28). The molecule has 2 amide bonds. The Balaban J connectivity index is 1.73. The van der Waals surface area contributed by atoms with E-state index in [4.69, 9.17) is 0 Å². The fourth-order valence-corrected chi connectivity index (χ4v) is 2.96. The molecular weight excluding hydrogens is 364 g/mol. The van der Waals surface area contributed by atoms with Crippen LogP contribution in [0.3, 0.4) is 0 Å². The van der Waals surface area contributed by atoms with Crippen LogP contribution in [0.4, 0.5) is 5.69 Å². The van der Waals surface area contributed by atoms with Crippen LogP contribution in [0.1, 0.15) is 43.6 Å². The van der Waals surface area contributed by atoms with E-state index < -0.39 is 0 Å². The Morgan fingerprint density at radius 1 is 0.793 bits per heavy atom. The fourth-order valence-electron chi connectivity index (χ4n) is 2.96. The van der Waals surface area contributed by atoms with Gasteiger partial charge in [0, 0.05) is 36.0 Å². The average molecular weight is 386 g/mol. The van der Waals surface area contributed by atoms with E-state index in [1.165, 1.54) is 6.92 Å². The normalized spacial score (nSPS) is 10.3. The van der Waals surface area contributed by atoms with Crippen LogP contribution in [0.25, 0.3) is 0 Å². The second kappa shape index (κ2) is 8.97. The van der Waals surface area contributed by atoms with Gasteiger partial charge in [0.2, 0.25) is 0 Å². The molecule has 0 fully saturated rings. The SMILES string of the molecule is CC(=O)c1cccc(NC(=O)c2cccc(C(=O)N(C)Cc3ccccc3)c2)c1. The molecule has 3 rings (SSSR count). The molecule has 0 unspecified atom stereocenters. The van der Waals surface area contributed by atoms with Gasteiger partial charge in [0.25, 0.3) is 11.8 Å². The van der Waals surface area contributed by atoms with E-state index in [9.17, 15) is 14.4 Å². The maximum Gasteiger partial charge on any atom is 0.255 e. The maximum atomic E-state index is 12.8. The fraction of sp³-hybridized carbons (Fsp3) is 0.125. The Labute approximate surface area is 170 Å². The molecule has 0 aliphatic heterocycles. The van der Waals surface area contributed by atoms with Crippen LogP contribution in [-0.4, -0.2) is 29.5 Å². The summed E-state index contributed by atoms with van der Waals surface area (Å²) in [6.45, 7) is 1.95. The van der Waals surface area contributed by atoms with E-state index >= 15 is 0 Å². The number of ketones is 1. The topological polar surface area (TPSA) is 66.5 Å². The molecule has 0 saturated carbocycles. The van der Waals surface area contributed by atoms with Crippen molar-refractivity contribution < 1.29 is 14.4 Å². The summed E-state index contributed by atoms with van der Waals surface area (Å²) in [6.07, 6.45) is 0. The highest BCUT2D eigenvalue weighted by Crippen LogP contribution is 2.15. The van der Waals surface area contributed by atoms with Gasteiger partial charge in [-0.1, -0.05) is 48.5 Å². The molecule has 3 aromatic carbocycles. The zero-order valence-corrected chi connectivity index (χ0v) is 16.4. The first-order valence-corrected chi connectivity index (χ1v) is 9.26. The molecule has 0 atom stereocenters. The Bertz CT molecular complexity index is 1040. The lowest BCUT2D eigenvalue weighted by Gasteiger charge is -2.17. The van der Waals surface area contributed by atoms with E-state index in [0.717, 1.165) is 5.56 Å². The van der Waals surface area contributed by atoms with Crippen molar-refractivity contribution in [3.05, 3.63) is 101 Å². The van der Waals surface area contributed by atoms with Gasteiger partial charge in [-0.25, -0.2) is 0 Å². The lowest BCUT2D eigenvalue weighted by Crippen LogP contribution is -2.26. The third-order valence-corrected chi connectivity index (χ3v) is 4.51. The molecule has 146 valence electrons. The number of amides is 2. The molecule has 3 aromatic rings. The molecule has 5 nitrogen and oxygen atoms in total. The Hall–Kier alpha value is -3.73. The lowest BCUT2D eigenvalue weighted by molar-refractivity contribution is 0.0785. The number of benzene rings is 3. The maximum absolute atomic E-state index is 12.8. The first-order valence-electron chi connectivity index (χ1n) is 9.26. The lowest BCUT2D eigenvalue weighted by atomic mass is 10.1. The summed E-state index contributed by atoms with van der Waals surface area (Å²) in [6, 6.07) is 23.1. The number of carbonyl (C=O) groups excluding carboxylic acids is 3. The van der Waals surface area contributed by atoms with Gasteiger partial charge >= 0.3 is 0 Å². The quantitative estimate of drug-likeness (QED) is 0.638. The van der Waals surface area contributed by atoms with E-state index in [0.29, 0.717) is 28.9 Å². The number of rotatable bonds is 6. The van der Waals surface area contributed by atoms with Crippen LogP contribution in [-0.2, 0) is 6.54 Å². The van der Waals surface area contributed by atoms with Crippen molar-refractivity contribution in [2.24, 2.45) is 0 Å². The summed E-state index contributed by atoms with van der Waals surface area (Å²) in [5.74, 6) is -0.580. The second-order valence-corrected chi connectivity index (χ2v) is 6.82. The van der Waals surface area contributed by atoms with Crippen LogP contribution >= 0.6 is 0 Å². The highest BCUT2D eigenvalue weighted by Gasteiger charge is 2.15. The highest BCUT2D eigenvalue weighted by molar-refractivity contribution is 6.06. The second-order valence-electron chi connectivity index (χ2n) is 6.82. The summed E-state index contributed by atoms with van der Waals surface area (Å²) in [7, 11) is 1.73. The van der Waals surface area contributed by atoms with Crippen molar-refractivity contribution in [2.45, 2.75) is 13.5 Å². The van der Waals surface area contributed by atoms with Gasteiger partial charge in [-0.05, 0) is 42.8 Å². The molecule has 29 heavy (non-hydrogen) atoms. The van der Waals surface area contributed by atoms with E-state index in [1.807, 2.05) is 30.3 Å². The summed E-state index contributed by atoms with van der Waals surface area (Å²) < 4.78 is 0. The van der Waals surface area contributed by atoms with E-state index in [1.54, 1.807) is 60.5 Å². The average Bonchev–Trinajstić information content (AvgIpc) is 2.74. The largest absolute Gasteiger partial charge is 0.337 e. The number of hydrogen-bond donors (Lipinski definition) is 1. The number of anilines is 1. The molecular formula is C24H22N2O3. The molecule has 0 aliphatic carbocycles. The zero-order chi connectivity index (χ0) is 20.8. The number of Topliss-reactive ketones (excluding diaryl/α,β-unsaturated/α-hetero) is 1. The number of carbonyl (C=O) groups is 3. The smallest absolute Gasteiger partial charge is 0.255 e. The van der Waals surface area contributed by atoms with Crippen LogP contribution in [0.15, 0.2) is 78.9 Å². The van der Waals surface area contributed by atoms with Gasteiger partial charge in [-0.2, -0.15) is 0 Å². The minimum absolute atomic E-state index is 0.0739. The van der Waals surface area contributed by atoms with Gasteiger partial charge in [0.15, 0.2) is 5.78 Å². The van der Waals surface area contributed by atoms with Gasteiger partial charge in [0.05, 0.1) is 0 Å². The number of nitrogens with one attached hydrogen (secondary N) is 1. The van der Waals surface area contributed by atoms with Crippen molar-refractivity contribution in [3.63, 3.8) is 0 Å². The molecule has 0 bridgehead atoms. The van der Waals surface area contributed by atoms with Crippen molar-refractivity contribution in [2.75, 3.05) is 12.4 Å². The van der Waals surface area contributed by atoms with Crippen LogP contribution in [0.2, 0.25) is 0 Å². The highest BCUT2D eigenvalue weighted by atomic mass is 16.2. The molecule has 1 N–H and O–H groups in total. The summed E-state index contributed by atoms with van der Waals surface area (Å²) in [5.41, 5.74) is 2.89. The van der Waals surface area contributed by atoms with E-state index in [2.05, 4.69) is 5.32 Å². The molecule has 0 saturated heterocycles. The van der Waals surface area contributed by atoms with Crippen LogP contribution in [0, 0.1) is 0 Å². The summed E-state index contributed by atoms with van der Waals surface area (Å²) in [4.78, 5) is 38.5. The Morgan fingerprint density at radius 2 is 1.45 bits per heavy atom. The summed E-state index contributed by atoms with van der Waals surface area (Å²) >= 11 is 0. The minimum Gasteiger partial charge on any atom is -0.337 e. The van der Waals surface area contributed by atoms with Crippen molar-refractivity contribution >= 4 is 23.3 Å². The van der Waals surface area contributed by atoms with Crippen LogP contribution < -0.4 is 5.32 Å². The third-order valence-electron chi connectivity index (χ3n) is 4.51. The molecule has 0 spiro atoms. The summed E-state index contributed by atoms with van der Waals surface area (Å²) in [5, 5.41) is 2.77. The van der Waals surface area contributed by atoms with Crippen molar-refractivity contribution in [1.29, 1.82) is 0 Å². The molecule has 5 heteroatoms. The van der Waals surface area contributed by atoms with E-state index in [-0.39, 0.29) is 17.6 Å². The zero-order valence-electron chi connectivity index (χ0n) is 16.4. The number of hydrogen-bond acceptors (Lipinski definition) is 3. The third kappa shape index (κ3) is 5.17. The molecule has 0 aliphatic rings. The predicted octanol–water partition coefficient (Wildman–Crippen LogP) is 4.41. The van der Waals surface area contributed by atoms with Gasteiger partial charge in [-0.15, -0.1) is 0 Å². The minimum atomic E-state index is -0.342. The first-order chi connectivity index (χ1) is 13.9. The van der Waals surface area contributed by atoms with Crippen molar-refractivity contribution in [1.82, 2.24) is 4.90 Å². The molecule has 0 radical (unpaired) electrons. The Morgan fingerprint density at radius 3 is 2.17 bits per heavy atom. The van der Waals surface area contributed by atoms with Gasteiger partial charge < -0.3 is 10.2 Å². The number of nitrogens with zero attached hydrogens (tertiary/aromatic N) is 1. The molecule has 0 heterocycles. The monoisotopic (exact) mass is 386 g/mol. The van der Waals surface area contributed by atoms with Crippen LogP contribution in [0.5, 0.6) is 0 Å². The van der Waals surface area contributed by atoms with Gasteiger partial charge in [0.1, 0.15) is 0 Å². The Kier molecular flexibility index (Phi) is 6.19. The van der Waals surface area contributed by atoms with Crippen molar-refractivity contribution in [3.8, 4) is 0 Å². The first kappa shape index (κ1) is 20.0. The van der Waals surface area contributed by atoms with Gasteiger partial charge in [-0.3, -0.25) is 14.4 Å². The molecule has 0 aromatic heterocycles. The predicted molar refractivity (Wildman–Crippen MR) is 113 cm³/mol.